The number of aromatic nitrogens is 2. The first-order valence-electron chi connectivity index (χ1n) is 5.69. The van der Waals surface area contributed by atoms with E-state index in [4.69, 9.17) is 0 Å². The number of hydrogen-bond donors (Lipinski definition) is 1. The van der Waals surface area contributed by atoms with E-state index < -0.39 is 18.6 Å². The first-order chi connectivity index (χ1) is 7.92. The van der Waals surface area contributed by atoms with E-state index in [2.05, 4.69) is 10.4 Å². The van der Waals surface area contributed by atoms with Gasteiger partial charge in [0.2, 0.25) is 0 Å². The largest absolute Gasteiger partial charge is 0.390 e. The maximum Gasteiger partial charge on any atom is 0.390 e. The second kappa shape index (κ2) is 6.05. The minimum Gasteiger partial charge on any atom is -0.314 e. The standard InChI is InChI=1S/C11H18F3N3/c1-3-15-9(8-11(12,13)14)4-5-10-6-7-16-17(10)2/h6-7,9,15H,3-5,8H2,1-2H3. The van der Waals surface area contributed by atoms with Crippen LogP contribution in [-0.4, -0.2) is 28.5 Å². The fourth-order valence-corrected chi connectivity index (χ4v) is 1.81. The molecule has 1 aromatic heterocycles. The van der Waals surface area contributed by atoms with Crippen molar-refractivity contribution >= 4 is 0 Å². The lowest BCUT2D eigenvalue weighted by molar-refractivity contribution is -0.140. The van der Waals surface area contributed by atoms with Gasteiger partial charge >= 0.3 is 6.18 Å². The molecule has 0 aromatic carbocycles. The van der Waals surface area contributed by atoms with Crippen LogP contribution in [0.25, 0.3) is 0 Å². The summed E-state index contributed by atoms with van der Waals surface area (Å²) in [6, 6.07) is 1.31. The highest BCUT2D eigenvalue weighted by Gasteiger charge is 2.31. The number of rotatable bonds is 6. The van der Waals surface area contributed by atoms with Crippen LogP contribution < -0.4 is 5.32 Å². The summed E-state index contributed by atoms with van der Waals surface area (Å²) >= 11 is 0. The Bertz CT molecular complexity index is 333. The van der Waals surface area contributed by atoms with Crippen molar-refractivity contribution in [3.05, 3.63) is 18.0 Å². The molecule has 0 aliphatic heterocycles. The molecule has 0 saturated heterocycles. The summed E-state index contributed by atoms with van der Waals surface area (Å²) in [7, 11) is 1.79. The normalized spacial score (nSPS) is 13.9. The van der Waals surface area contributed by atoms with Crippen molar-refractivity contribution in [1.29, 1.82) is 0 Å². The molecular formula is C11H18F3N3. The van der Waals surface area contributed by atoms with Gasteiger partial charge in [0.25, 0.3) is 0 Å². The first-order valence-corrected chi connectivity index (χ1v) is 5.69. The third kappa shape index (κ3) is 5.21. The molecule has 0 fully saturated rings. The molecule has 0 aliphatic rings. The van der Waals surface area contributed by atoms with Crippen LogP contribution in [0.4, 0.5) is 13.2 Å². The summed E-state index contributed by atoms with van der Waals surface area (Å²) in [4.78, 5) is 0. The first kappa shape index (κ1) is 14.0. The lowest BCUT2D eigenvalue weighted by Gasteiger charge is -2.19. The van der Waals surface area contributed by atoms with E-state index in [-0.39, 0.29) is 0 Å². The van der Waals surface area contributed by atoms with Gasteiger partial charge in [0, 0.05) is 25.0 Å². The Morgan fingerprint density at radius 2 is 2.18 bits per heavy atom. The summed E-state index contributed by atoms with van der Waals surface area (Å²) in [5, 5.41) is 6.86. The van der Waals surface area contributed by atoms with E-state index in [1.807, 2.05) is 13.0 Å². The van der Waals surface area contributed by atoms with Gasteiger partial charge in [-0.15, -0.1) is 0 Å². The van der Waals surface area contributed by atoms with Crippen LogP contribution in [0.5, 0.6) is 0 Å². The average Bonchev–Trinajstić information content (AvgIpc) is 2.59. The number of halogens is 3. The Balaban J connectivity index is 2.47. The minimum atomic E-state index is -4.11. The molecule has 0 spiro atoms. The molecule has 0 aliphatic carbocycles. The van der Waals surface area contributed by atoms with Crippen molar-refractivity contribution in [3.63, 3.8) is 0 Å². The highest BCUT2D eigenvalue weighted by Crippen LogP contribution is 2.23. The van der Waals surface area contributed by atoms with Gasteiger partial charge in [-0.1, -0.05) is 6.92 Å². The summed E-state index contributed by atoms with van der Waals surface area (Å²) in [5.41, 5.74) is 0.954. The quantitative estimate of drug-likeness (QED) is 0.838. The second-order valence-electron chi connectivity index (χ2n) is 4.06. The molecule has 3 nitrogen and oxygen atoms in total. The van der Waals surface area contributed by atoms with Crippen molar-refractivity contribution in [1.82, 2.24) is 15.1 Å². The van der Waals surface area contributed by atoms with Crippen LogP contribution in [0, 0.1) is 0 Å². The van der Waals surface area contributed by atoms with E-state index >= 15 is 0 Å². The summed E-state index contributed by atoms with van der Waals surface area (Å²) < 4.78 is 38.6. The van der Waals surface area contributed by atoms with Crippen molar-refractivity contribution in [2.45, 2.75) is 38.4 Å². The van der Waals surface area contributed by atoms with Crippen LogP contribution in [-0.2, 0) is 13.5 Å². The van der Waals surface area contributed by atoms with Crippen molar-refractivity contribution in [2.75, 3.05) is 6.54 Å². The fraction of sp³-hybridized carbons (Fsp3) is 0.727. The monoisotopic (exact) mass is 249 g/mol. The average molecular weight is 249 g/mol. The predicted molar refractivity (Wildman–Crippen MR) is 59.7 cm³/mol. The number of nitrogens with one attached hydrogen (secondary N) is 1. The lowest BCUT2D eigenvalue weighted by Crippen LogP contribution is -2.34. The predicted octanol–water partition coefficient (Wildman–Crippen LogP) is 2.28. The van der Waals surface area contributed by atoms with Gasteiger partial charge in [0.15, 0.2) is 0 Å². The zero-order valence-corrected chi connectivity index (χ0v) is 10.1. The minimum absolute atomic E-state index is 0.465. The Kier molecular flexibility index (Phi) is 4.99. The van der Waals surface area contributed by atoms with E-state index in [9.17, 15) is 13.2 Å². The summed E-state index contributed by atoms with van der Waals surface area (Å²) in [5.74, 6) is 0. The molecule has 1 atom stereocenters. The maximum absolute atomic E-state index is 12.3. The Labute approximate surface area is 99.0 Å². The molecule has 98 valence electrons. The van der Waals surface area contributed by atoms with E-state index in [1.54, 1.807) is 17.9 Å². The van der Waals surface area contributed by atoms with E-state index in [1.165, 1.54) is 0 Å². The summed E-state index contributed by atoms with van der Waals surface area (Å²) in [6.45, 7) is 2.36. The number of hydrogen-bond acceptors (Lipinski definition) is 2. The molecule has 0 radical (unpaired) electrons. The third-order valence-corrected chi connectivity index (χ3v) is 2.64. The molecule has 0 saturated carbocycles. The molecule has 0 amide bonds. The van der Waals surface area contributed by atoms with Crippen molar-refractivity contribution < 1.29 is 13.2 Å². The van der Waals surface area contributed by atoms with Crippen LogP contribution >= 0.6 is 0 Å². The van der Waals surface area contributed by atoms with Gasteiger partial charge in [-0.05, 0) is 25.5 Å². The van der Waals surface area contributed by atoms with Gasteiger partial charge in [0.05, 0.1) is 6.42 Å². The van der Waals surface area contributed by atoms with Gasteiger partial charge in [-0.2, -0.15) is 18.3 Å². The zero-order chi connectivity index (χ0) is 12.9. The van der Waals surface area contributed by atoms with Crippen LogP contribution in [0.1, 0.15) is 25.5 Å². The number of nitrogens with zero attached hydrogens (tertiary/aromatic N) is 2. The maximum atomic E-state index is 12.3. The fourth-order valence-electron chi connectivity index (χ4n) is 1.81. The van der Waals surface area contributed by atoms with Crippen LogP contribution in [0.15, 0.2) is 12.3 Å². The van der Waals surface area contributed by atoms with Crippen molar-refractivity contribution in [2.24, 2.45) is 7.05 Å². The number of aryl methyl sites for hydroxylation is 2. The third-order valence-electron chi connectivity index (χ3n) is 2.64. The highest BCUT2D eigenvalue weighted by molar-refractivity contribution is 5.00. The molecule has 17 heavy (non-hydrogen) atoms. The topological polar surface area (TPSA) is 29.9 Å². The highest BCUT2D eigenvalue weighted by atomic mass is 19.4. The van der Waals surface area contributed by atoms with Gasteiger partial charge in [0.1, 0.15) is 0 Å². The Morgan fingerprint density at radius 3 is 2.65 bits per heavy atom. The second-order valence-corrected chi connectivity index (χ2v) is 4.06. The molecule has 1 heterocycles. The molecule has 6 heteroatoms. The molecular weight excluding hydrogens is 231 g/mol. The van der Waals surface area contributed by atoms with E-state index in [0.29, 0.717) is 19.4 Å². The van der Waals surface area contributed by atoms with Crippen LogP contribution in [0.3, 0.4) is 0 Å². The zero-order valence-electron chi connectivity index (χ0n) is 10.1. The summed E-state index contributed by atoms with van der Waals surface area (Å²) in [6.07, 6.45) is -2.17. The molecule has 0 bridgehead atoms. The van der Waals surface area contributed by atoms with E-state index in [0.717, 1.165) is 5.69 Å². The smallest absolute Gasteiger partial charge is 0.314 e. The van der Waals surface area contributed by atoms with Crippen molar-refractivity contribution in [3.8, 4) is 0 Å². The Hall–Kier alpha value is -1.04. The SMILES string of the molecule is CCNC(CCc1ccnn1C)CC(F)(F)F. The molecule has 1 unspecified atom stereocenters. The van der Waals surface area contributed by atoms with Crippen LogP contribution in [0.2, 0.25) is 0 Å². The Morgan fingerprint density at radius 1 is 1.47 bits per heavy atom. The van der Waals surface area contributed by atoms with Gasteiger partial charge in [-0.3, -0.25) is 4.68 Å². The van der Waals surface area contributed by atoms with Gasteiger partial charge < -0.3 is 5.32 Å². The van der Waals surface area contributed by atoms with Gasteiger partial charge in [-0.25, -0.2) is 0 Å². The lowest BCUT2D eigenvalue weighted by atomic mass is 10.1. The number of alkyl halides is 3. The molecule has 1 N–H and O–H groups in total. The molecule has 1 rings (SSSR count). The molecule has 1 aromatic rings.